The van der Waals surface area contributed by atoms with E-state index >= 15 is 0 Å². The van der Waals surface area contributed by atoms with Crippen molar-refractivity contribution in [3.63, 3.8) is 0 Å². The molecule has 5 heteroatoms. The smallest absolute Gasteiger partial charge is 0.339 e. The molecule has 33 heavy (non-hydrogen) atoms. The number of fused-ring (bicyclic) bond motifs is 1. The first-order chi connectivity index (χ1) is 15.7. The molecule has 5 nitrogen and oxygen atoms in total. The minimum Gasteiger partial charge on any atom is -0.486 e. The molecule has 0 amide bonds. The molecule has 1 atom stereocenters. The van der Waals surface area contributed by atoms with Gasteiger partial charge in [0.1, 0.15) is 13.2 Å². The monoisotopic (exact) mass is 446 g/mol. The molecule has 0 radical (unpaired) electrons. The Hall–Kier alpha value is -3.31. The van der Waals surface area contributed by atoms with E-state index in [1.165, 1.54) is 23.8 Å². The van der Waals surface area contributed by atoms with E-state index in [4.69, 9.17) is 14.2 Å². The van der Waals surface area contributed by atoms with Crippen molar-refractivity contribution < 1.29 is 24.1 Å². The lowest BCUT2D eigenvalue weighted by Crippen LogP contribution is -2.22. The number of benzene rings is 3. The summed E-state index contributed by atoms with van der Waals surface area (Å²) in [6, 6.07) is 12.4. The maximum atomic E-state index is 12.5. The van der Waals surface area contributed by atoms with Crippen LogP contribution in [0.2, 0.25) is 0 Å². The summed E-state index contributed by atoms with van der Waals surface area (Å²) < 4.78 is 17.1. The van der Waals surface area contributed by atoms with Gasteiger partial charge in [0, 0.05) is 11.1 Å². The van der Waals surface area contributed by atoms with Crippen molar-refractivity contribution in [2.75, 3.05) is 20.3 Å². The van der Waals surface area contributed by atoms with Crippen molar-refractivity contribution in [2.24, 2.45) is 0 Å². The molecule has 0 saturated heterocycles. The minimum absolute atomic E-state index is 0.329. The first-order valence-electron chi connectivity index (χ1n) is 11.1. The predicted octanol–water partition coefficient (Wildman–Crippen LogP) is 5.54. The summed E-state index contributed by atoms with van der Waals surface area (Å²) in [6.07, 6.45) is -1.51. The fourth-order valence-electron chi connectivity index (χ4n) is 4.42. The van der Waals surface area contributed by atoms with E-state index in [0.717, 1.165) is 33.4 Å². The van der Waals surface area contributed by atoms with E-state index in [0.29, 0.717) is 30.3 Å². The standard InChI is InChI=1S/C28H30O5/c1-15-7-9-20(13-17(15)3)22-19(5)23(21-10-8-16(2)18(4)14-21)26-27(33-12-11-32-26)24(22)25(29)28(30)31-6/h7-10,13-14,25,29H,11-12H2,1-6H3. The Morgan fingerprint density at radius 1 is 0.818 bits per heavy atom. The Kier molecular flexibility index (Phi) is 6.17. The van der Waals surface area contributed by atoms with E-state index in [1.54, 1.807) is 0 Å². The molecule has 1 aliphatic heterocycles. The van der Waals surface area contributed by atoms with Gasteiger partial charge in [0.2, 0.25) is 0 Å². The number of hydrogen-bond acceptors (Lipinski definition) is 5. The number of aliphatic hydroxyl groups excluding tert-OH is 1. The maximum Gasteiger partial charge on any atom is 0.339 e. The lowest BCUT2D eigenvalue weighted by molar-refractivity contribution is -0.150. The highest BCUT2D eigenvalue weighted by Crippen LogP contribution is 2.52. The van der Waals surface area contributed by atoms with Gasteiger partial charge in [-0.3, -0.25) is 0 Å². The van der Waals surface area contributed by atoms with Crippen LogP contribution in [-0.2, 0) is 9.53 Å². The van der Waals surface area contributed by atoms with Crippen LogP contribution >= 0.6 is 0 Å². The molecule has 3 aromatic carbocycles. The average molecular weight is 447 g/mol. The van der Waals surface area contributed by atoms with Gasteiger partial charge in [-0.05, 0) is 79.1 Å². The molecular formula is C28H30O5. The maximum absolute atomic E-state index is 12.5. The highest BCUT2D eigenvalue weighted by molar-refractivity contribution is 5.92. The molecule has 0 aliphatic carbocycles. The molecule has 172 valence electrons. The summed E-state index contributed by atoms with van der Waals surface area (Å²) in [5.41, 5.74) is 9.51. The highest BCUT2D eigenvalue weighted by Gasteiger charge is 2.34. The predicted molar refractivity (Wildman–Crippen MR) is 129 cm³/mol. The Balaban J connectivity index is 2.13. The van der Waals surface area contributed by atoms with Crippen molar-refractivity contribution in [1.29, 1.82) is 0 Å². The van der Waals surface area contributed by atoms with Gasteiger partial charge in [0.05, 0.1) is 7.11 Å². The van der Waals surface area contributed by atoms with Crippen LogP contribution in [0.15, 0.2) is 36.4 Å². The summed E-state index contributed by atoms with van der Waals surface area (Å²) in [5, 5.41) is 11.1. The SMILES string of the molecule is COC(=O)C(O)c1c2c(c(-c3ccc(C)c(C)c3)c(C)c1-c1ccc(C)c(C)c1)OCCO2. The average Bonchev–Trinajstić information content (AvgIpc) is 2.81. The first-order valence-corrected chi connectivity index (χ1v) is 11.1. The zero-order valence-corrected chi connectivity index (χ0v) is 20.0. The Morgan fingerprint density at radius 2 is 1.33 bits per heavy atom. The fraction of sp³-hybridized carbons (Fsp3) is 0.321. The zero-order valence-electron chi connectivity index (χ0n) is 20.0. The fourth-order valence-corrected chi connectivity index (χ4v) is 4.42. The van der Waals surface area contributed by atoms with Gasteiger partial charge in [-0.25, -0.2) is 4.79 Å². The van der Waals surface area contributed by atoms with Crippen molar-refractivity contribution in [3.05, 3.63) is 69.8 Å². The van der Waals surface area contributed by atoms with E-state index in [9.17, 15) is 9.90 Å². The van der Waals surface area contributed by atoms with Crippen LogP contribution in [0, 0.1) is 34.6 Å². The van der Waals surface area contributed by atoms with Crippen LogP contribution in [0.25, 0.3) is 22.3 Å². The van der Waals surface area contributed by atoms with Crippen molar-refractivity contribution in [3.8, 4) is 33.8 Å². The lowest BCUT2D eigenvalue weighted by atomic mass is 9.84. The van der Waals surface area contributed by atoms with Gasteiger partial charge in [0.25, 0.3) is 0 Å². The third kappa shape index (κ3) is 3.98. The van der Waals surface area contributed by atoms with Crippen LogP contribution in [-0.4, -0.2) is 31.4 Å². The molecule has 0 bridgehead atoms. The number of rotatable bonds is 4. The van der Waals surface area contributed by atoms with E-state index < -0.39 is 12.1 Å². The van der Waals surface area contributed by atoms with E-state index in [2.05, 4.69) is 45.0 Å². The first kappa shape index (κ1) is 22.9. The molecule has 1 N–H and O–H groups in total. The topological polar surface area (TPSA) is 65.0 Å². The van der Waals surface area contributed by atoms with Gasteiger partial charge < -0.3 is 19.3 Å². The molecule has 4 rings (SSSR count). The second kappa shape index (κ2) is 8.91. The number of carbonyl (C=O) groups is 1. The molecule has 0 spiro atoms. The zero-order chi connectivity index (χ0) is 23.9. The Labute approximate surface area is 194 Å². The summed E-state index contributed by atoms with van der Waals surface area (Å²) >= 11 is 0. The Morgan fingerprint density at radius 3 is 1.85 bits per heavy atom. The molecule has 0 saturated carbocycles. The highest BCUT2D eigenvalue weighted by atomic mass is 16.6. The van der Waals surface area contributed by atoms with Crippen LogP contribution in [0.3, 0.4) is 0 Å². The van der Waals surface area contributed by atoms with Crippen molar-refractivity contribution in [1.82, 2.24) is 0 Å². The van der Waals surface area contributed by atoms with Crippen LogP contribution in [0.4, 0.5) is 0 Å². The summed E-state index contributed by atoms with van der Waals surface area (Å²) in [4.78, 5) is 12.5. The molecule has 1 unspecified atom stereocenters. The Bertz CT molecular complexity index is 1240. The van der Waals surface area contributed by atoms with Crippen LogP contribution in [0.5, 0.6) is 11.5 Å². The largest absolute Gasteiger partial charge is 0.486 e. The molecule has 3 aromatic rings. The number of aliphatic hydroxyl groups is 1. The number of hydrogen-bond donors (Lipinski definition) is 1. The normalized spacial score (nSPS) is 13.5. The lowest BCUT2D eigenvalue weighted by Gasteiger charge is -2.29. The van der Waals surface area contributed by atoms with E-state index in [-0.39, 0.29) is 0 Å². The van der Waals surface area contributed by atoms with Crippen LogP contribution < -0.4 is 9.47 Å². The van der Waals surface area contributed by atoms with Gasteiger partial charge in [-0.15, -0.1) is 0 Å². The van der Waals surface area contributed by atoms with Crippen LogP contribution in [0.1, 0.15) is 39.5 Å². The number of ether oxygens (including phenoxy) is 3. The number of aryl methyl sites for hydroxylation is 4. The third-order valence-electron chi connectivity index (χ3n) is 6.56. The summed E-state index contributed by atoms with van der Waals surface area (Å²) in [6.45, 7) is 11.0. The second-order valence-corrected chi connectivity index (χ2v) is 8.67. The molecule has 0 fully saturated rings. The third-order valence-corrected chi connectivity index (χ3v) is 6.56. The summed E-state index contributed by atoms with van der Waals surface area (Å²) in [5.74, 6) is 0.202. The van der Waals surface area contributed by atoms with Crippen molar-refractivity contribution >= 4 is 5.97 Å². The molecular weight excluding hydrogens is 416 g/mol. The van der Waals surface area contributed by atoms with Gasteiger partial charge >= 0.3 is 5.97 Å². The number of carbonyl (C=O) groups excluding carboxylic acids is 1. The number of methoxy groups -OCH3 is 1. The van der Waals surface area contributed by atoms with Crippen molar-refractivity contribution in [2.45, 2.75) is 40.7 Å². The molecule has 1 aliphatic rings. The van der Waals surface area contributed by atoms with Gasteiger partial charge in [-0.1, -0.05) is 36.4 Å². The molecule has 0 aromatic heterocycles. The molecule has 1 heterocycles. The second-order valence-electron chi connectivity index (χ2n) is 8.67. The van der Waals surface area contributed by atoms with E-state index in [1.807, 2.05) is 26.0 Å². The van der Waals surface area contributed by atoms with Gasteiger partial charge in [-0.2, -0.15) is 0 Å². The van der Waals surface area contributed by atoms with Gasteiger partial charge in [0.15, 0.2) is 17.6 Å². The minimum atomic E-state index is -1.51. The summed E-state index contributed by atoms with van der Waals surface area (Å²) in [7, 11) is 1.27. The quantitative estimate of drug-likeness (QED) is 0.533. The number of esters is 1.